The maximum Gasteiger partial charge on any atom is 0.277 e. The number of carbonyl (C=O) groups is 2. The molecule has 1 fully saturated rings. The van der Waals surface area contributed by atoms with Gasteiger partial charge in [0.1, 0.15) is 5.82 Å². The highest BCUT2D eigenvalue weighted by Crippen LogP contribution is 2.26. The van der Waals surface area contributed by atoms with Gasteiger partial charge in [0.25, 0.3) is 16.8 Å². The van der Waals surface area contributed by atoms with Crippen molar-refractivity contribution in [3.05, 3.63) is 94.3 Å². The number of benzene rings is 3. The van der Waals surface area contributed by atoms with E-state index >= 15 is 0 Å². The molecule has 3 aromatic carbocycles. The van der Waals surface area contributed by atoms with Crippen LogP contribution >= 0.6 is 11.8 Å². The molecule has 1 aromatic heterocycles. The van der Waals surface area contributed by atoms with Crippen LogP contribution in [0.4, 0.5) is 21.5 Å². The van der Waals surface area contributed by atoms with Crippen LogP contribution in [0.5, 0.6) is 0 Å². The average molecular weight is 563 g/mol. The molecule has 204 valence electrons. The number of aromatic nitrogens is 2. The Balaban J connectivity index is 1.10. The zero-order valence-corrected chi connectivity index (χ0v) is 21.8. The number of carbonyl (C=O) groups excluding carboxylic acids is 2. The lowest BCUT2D eigenvalue weighted by molar-refractivity contribution is -0.384. The monoisotopic (exact) mass is 562 g/mol. The second-order valence-corrected chi connectivity index (χ2v) is 9.75. The van der Waals surface area contributed by atoms with Crippen molar-refractivity contribution in [3.8, 4) is 11.5 Å². The quantitative estimate of drug-likeness (QED) is 0.187. The summed E-state index contributed by atoms with van der Waals surface area (Å²) in [7, 11) is 0. The minimum absolute atomic E-state index is 0.0241. The van der Waals surface area contributed by atoms with Gasteiger partial charge in [-0.15, -0.1) is 10.2 Å². The average Bonchev–Trinajstić information content (AvgIpc) is 3.46. The van der Waals surface area contributed by atoms with Gasteiger partial charge in [-0.1, -0.05) is 30.0 Å². The molecule has 1 saturated heterocycles. The summed E-state index contributed by atoms with van der Waals surface area (Å²) in [4.78, 5) is 39.3. The molecule has 40 heavy (non-hydrogen) atoms. The molecule has 1 aliphatic rings. The van der Waals surface area contributed by atoms with Crippen molar-refractivity contribution < 1.29 is 23.3 Å². The van der Waals surface area contributed by atoms with Crippen molar-refractivity contribution in [1.29, 1.82) is 0 Å². The van der Waals surface area contributed by atoms with Gasteiger partial charge in [0.05, 0.1) is 16.2 Å². The molecule has 13 heteroatoms. The second kappa shape index (κ2) is 11.9. The molecule has 0 saturated carbocycles. The van der Waals surface area contributed by atoms with E-state index in [-0.39, 0.29) is 39.9 Å². The number of rotatable bonds is 8. The van der Waals surface area contributed by atoms with E-state index < -0.39 is 10.7 Å². The third-order valence-electron chi connectivity index (χ3n) is 6.22. The zero-order valence-electron chi connectivity index (χ0n) is 21.0. The number of piperazine rings is 1. The van der Waals surface area contributed by atoms with Gasteiger partial charge >= 0.3 is 0 Å². The van der Waals surface area contributed by atoms with E-state index in [4.69, 9.17) is 4.42 Å². The molecule has 0 aliphatic carbocycles. The Kier molecular flexibility index (Phi) is 8.01. The van der Waals surface area contributed by atoms with Crippen LogP contribution in [-0.2, 0) is 4.79 Å². The van der Waals surface area contributed by atoms with Crippen LogP contribution in [0, 0.1) is 15.9 Å². The number of hydrogen-bond acceptors (Lipinski definition) is 9. The summed E-state index contributed by atoms with van der Waals surface area (Å²) in [6.07, 6.45) is 0. The molecule has 0 atom stereocenters. The molecular formula is C27H23FN6O5S. The lowest BCUT2D eigenvalue weighted by atomic mass is 10.1. The van der Waals surface area contributed by atoms with Crippen LogP contribution in [0.3, 0.4) is 0 Å². The molecule has 2 amide bonds. The van der Waals surface area contributed by atoms with E-state index in [9.17, 15) is 24.1 Å². The number of non-ortho nitro benzene ring substituents is 1. The van der Waals surface area contributed by atoms with Crippen molar-refractivity contribution in [2.75, 3.05) is 42.1 Å². The van der Waals surface area contributed by atoms with Crippen molar-refractivity contribution in [2.45, 2.75) is 5.22 Å². The smallest absolute Gasteiger partial charge is 0.277 e. The Labute approximate surface area is 232 Å². The molecule has 4 aromatic rings. The fraction of sp³-hybridized carbons (Fsp3) is 0.185. The number of halogens is 1. The summed E-state index contributed by atoms with van der Waals surface area (Å²) in [5.41, 5.74) is 1.97. The second-order valence-electron chi connectivity index (χ2n) is 8.82. The van der Waals surface area contributed by atoms with E-state index in [0.29, 0.717) is 37.4 Å². The third-order valence-corrected chi connectivity index (χ3v) is 7.04. The summed E-state index contributed by atoms with van der Waals surface area (Å²) < 4.78 is 19.5. The van der Waals surface area contributed by atoms with Crippen LogP contribution in [0.15, 0.2) is 82.4 Å². The van der Waals surface area contributed by atoms with E-state index in [2.05, 4.69) is 20.4 Å². The van der Waals surface area contributed by atoms with Gasteiger partial charge in [0, 0.05) is 55.2 Å². The van der Waals surface area contributed by atoms with Gasteiger partial charge in [-0.2, -0.15) is 0 Å². The van der Waals surface area contributed by atoms with E-state index in [1.807, 2.05) is 12.1 Å². The number of nitrogens with one attached hydrogen (secondary N) is 1. The van der Waals surface area contributed by atoms with Gasteiger partial charge < -0.3 is 19.5 Å². The van der Waals surface area contributed by atoms with Gasteiger partial charge in [-0.25, -0.2) is 4.39 Å². The Morgan fingerprint density at radius 1 is 1.00 bits per heavy atom. The van der Waals surface area contributed by atoms with E-state index in [1.54, 1.807) is 35.2 Å². The van der Waals surface area contributed by atoms with Crippen LogP contribution < -0.4 is 10.2 Å². The number of hydrogen-bond donors (Lipinski definition) is 1. The molecular weight excluding hydrogens is 539 g/mol. The Bertz CT molecular complexity index is 1540. The minimum atomic E-state index is -0.520. The van der Waals surface area contributed by atoms with Crippen molar-refractivity contribution in [1.82, 2.24) is 15.1 Å². The van der Waals surface area contributed by atoms with Crippen molar-refractivity contribution in [2.24, 2.45) is 0 Å². The molecule has 0 spiro atoms. The Hall–Kier alpha value is -4.78. The van der Waals surface area contributed by atoms with E-state index in [1.165, 1.54) is 30.3 Å². The number of nitrogens with zero attached hydrogens (tertiary/aromatic N) is 5. The van der Waals surface area contributed by atoms with Gasteiger partial charge in [-0.05, 0) is 42.5 Å². The number of anilines is 2. The first-order valence-corrected chi connectivity index (χ1v) is 13.3. The summed E-state index contributed by atoms with van der Waals surface area (Å²) in [5, 5.41) is 21.7. The topological polar surface area (TPSA) is 135 Å². The maximum atomic E-state index is 14.0. The fourth-order valence-electron chi connectivity index (χ4n) is 4.19. The first kappa shape index (κ1) is 26.8. The molecule has 1 aliphatic heterocycles. The predicted molar refractivity (Wildman–Crippen MR) is 147 cm³/mol. The highest BCUT2D eigenvalue weighted by atomic mass is 32.2. The fourth-order valence-corrected chi connectivity index (χ4v) is 4.75. The van der Waals surface area contributed by atoms with Gasteiger partial charge in [-0.3, -0.25) is 19.7 Å². The summed E-state index contributed by atoms with van der Waals surface area (Å²) in [5.74, 6) is -0.952. The van der Waals surface area contributed by atoms with Crippen molar-refractivity contribution in [3.63, 3.8) is 0 Å². The molecule has 0 radical (unpaired) electrons. The molecule has 0 bridgehead atoms. The van der Waals surface area contributed by atoms with Crippen LogP contribution in [0.25, 0.3) is 11.5 Å². The summed E-state index contributed by atoms with van der Waals surface area (Å²) in [6.45, 7) is 2.15. The molecule has 5 rings (SSSR count). The molecule has 1 N–H and O–H groups in total. The minimum Gasteiger partial charge on any atom is -0.411 e. The standard InChI is InChI=1S/C27H23FN6O5S/c28-23-7-2-1-6-22(23)26(36)33-14-12-32(13-15-33)20-10-8-19(9-11-20)29-24(35)17-40-27-31-30-25(39-27)18-4-3-5-21(16-18)34(37)38/h1-11,16H,12-15,17H2,(H,29,35). The zero-order chi connectivity index (χ0) is 28.1. The van der Waals surface area contributed by atoms with Crippen LogP contribution in [-0.4, -0.2) is 63.8 Å². The summed E-state index contributed by atoms with van der Waals surface area (Å²) >= 11 is 1.05. The molecule has 0 unspecified atom stereocenters. The largest absolute Gasteiger partial charge is 0.411 e. The Morgan fingerprint density at radius 3 is 2.48 bits per heavy atom. The third kappa shape index (κ3) is 6.26. The first-order valence-electron chi connectivity index (χ1n) is 12.3. The van der Waals surface area contributed by atoms with Crippen molar-refractivity contribution >= 4 is 40.6 Å². The lowest BCUT2D eigenvalue weighted by Gasteiger charge is -2.36. The normalized spacial score (nSPS) is 13.2. The number of amides is 2. The van der Waals surface area contributed by atoms with Gasteiger partial charge in [0.2, 0.25) is 11.8 Å². The predicted octanol–water partition coefficient (Wildman–Crippen LogP) is 4.48. The van der Waals surface area contributed by atoms with E-state index in [0.717, 1.165) is 17.4 Å². The van der Waals surface area contributed by atoms with Gasteiger partial charge in [0.15, 0.2) is 0 Å². The number of thioether (sulfide) groups is 1. The van der Waals surface area contributed by atoms with Crippen LogP contribution in [0.2, 0.25) is 0 Å². The number of nitro groups is 1. The number of nitro benzene ring substituents is 1. The maximum absolute atomic E-state index is 14.0. The first-order chi connectivity index (χ1) is 19.4. The molecule has 11 nitrogen and oxygen atoms in total. The van der Waals surface area contributed by atoms with Crippen LogP contribution in [0.1, 0.15) is 10.4 Å². The highest BCUT2D eigenvalue weighted by Gasteiger charge is 2.24. The highest BCUT2D eigenvalue weighted by molar-refractivity contribution is 7.99. The Morgan fingerprint density at radius 2 is 1.75 bits per heavy atom. The summed E-state index contributed by atoms with van der Waals surface area (Å²) in [6, 6.07) is 19.2. The lowest BCUT2D eigenvalue weighted by Crippen LogP contribution is -2.49. The molecule has 2 heterocycles. The SMILES string of the molecule is O=C(CSc1nnc(-c2cccc([N+](=O)[O-])c2)o1)Nc1ccc(N2CCN(C(=O)c3ccccc3F)CC2)cc1.